The van der Waals surface area contributed by atoms with Crippen LogP contribution in [0.4, 0.5) is 0 Å². The van der Waals surface area contributed by atoms with Crippen molar-refractivity contribution in [2.75, 3.05) is 26.8 Å². The summed E-state index contributed by atoms with van der Waals surface area (Å²) in [7, 11) is 1.86. The smallest absolute Gasteiger partial charge is 0.172 e. The average Bonchev–Trinajstić information content (AvgIpc) is 2.89. The number of likely N-dealkylation sites (N-methyl/N-ethyl adjacent to an activating group) is 1. The Balaban J connectivity index is 2.05. The van der Waals surface area contributed by atoms with Crippen LogP contribution in [0.2, 0.25) is 0 Å². The molecule has 0 bridgehead atoms. The highest BCUT2D eigenvalue weighted by Crippen LogP contribution is 2.40. The highest BCUT2D eigenvalue weighted by Gasteiger charge is 2.55. The van der Waals surface area contributed by atoms with Crippen LogP contribution in [0.15, 0.2) is 5.11 Å². The van der Waals surface area contributed by atoms with E-state index in [4.69, 9.17) is 24.8 Å². The summed E-state index contributed by atoms with van der Waals surface area (Å²) in [5, 5.41) is 15.5. The zero-order chi connectivity index (χ0) is 13.9. The SMILES string of the molecule is CN[C@@H]1C[C@H](OCCO)C2OC(C)(CN=[N+]=[N-])OC21. The van der Waals surface area contributed by atoms with Gasteiger partial charge in [-0.3, -0.25) is 0 Å². The van der Waals surface area contributed by atoms with Crippen LogP contribution in [-0.4, -0.2) is 62.1 Å². The molecule has 1 aliphatic heterocycles. The molecule has 2 rings (SSSR count). The van der Waals surface area contributed by atoms with E-state index < -0.39 is 5.79 Å². The van der Waals surface area contributed by atoms with Gasteiger partial charge in [0.15, 0.2) is 5.79 Å². The fraction of sp³-hybridized carbons (Fsp3) is 1.00. The number of nitrogens with one attached hydrogen (secondary N) is 1. The van der Waals surface area contributed by atoms with Crippen molar-refractivity contribution in [3.05, 3.63) is 10.4 Å². The Morgan fingerprint density at radius 3 is 2.89 bits per heavy atom. The van der Waals surface area contributed by atoms with E-state index in [1.807, 2.05) is 7.05 Å². The van der Waals surface area contributed by atoms with Crippen LogP contribution in [0.3, 0.4) is 0 Å². The number of aliphatic hydroxyl groups is 1. The van der Waals surface area contributed by atoms with Crippen molar-refractivity contribution in [2.45, 2.75) is 43.5 Å². The van der Waals surface area contributed by atoms with Gasteiger partial charge in [-0.25, -0.2) is 0 Å². The topological polar surface area (TPSA) is 109 Å². The molecule has 1 saturated heterocycles. The minimum absolute atomic E-state index is 0.0189. The van der Waals surface area contributed by atoms with Gasteiger partial charge in [0.05, 0.1) is 25.9 Å². The molecule has 0 spiro atoms. The number of fused-ring (bicyclic) bond motifs is 1. The maximum atomic E-state index is 8.84. The Labute approximate surface area is 111 Å². The second-order valence-corrected chi connectivity index (χ2v) is 4.95. The second-order valence-electron chi connectivity index (χ2n) is 4.95. The van der Waals surface area contributed by atoms with Gasteiger partial charge in [0, 0.05) is 11.0 Å². The normalized spacial score (nSPS) is 41.0. The summed E-state index contributed by atoms with van der Waals surface area (Å²) in [6.07, 6.45) is 0.307. The van der Waals surface area contributed by atoms with Crippen molar-refractivity contribution in [1.29, 1.82) is 0 Å². The first-order valence-corrected chi connectivity index (χ1v) is 6.40. The van der Waals surface area contributed by atoms with E-state index in [1.54, 1.807) is 6.92 Å². The van der Waals surface area contributed by atoms with Crippen LogP contribution in [0.25, 0.3) is 10.4 Å². The van der Waals surface area contributed by atoms with E-state index in [9.17, 15) is 0 Å². The quantitative estimate of drug-likeness (QED) is 0.407. The molecule has 0 radical (unpaired) electrons. The standard InChI is InChI=1S/C11H20N4O4/c1-11(6-14-15-12)18-9-7(13-2)5-8(10(9)19-11)17-4-3-16/h7-10,13,16H,3-6H2,1-2H3/t7-,8+,9?,10?,11?/m1/s1. The number of nitrogens with zero attached hydrogens (tertiary/aromatic N) is 3. The molecule has 0 amide bonds. The lowest BCUT2D eigenvalue weighted by atomic mass is 10.2. The number of ether oxygens (including phenoxy) is 3. The largest absolute Gasteiger partial charge is 0.394 e. The van der Waals surface area contributed by atoms with Gasteiger partial charge < -0.3 is 24.6 Å². The summed E-state index contributed by atoms with van der Waals surface area (Å²) in [5.41, 5.74) is 8.39. The monoisotopic (exact) mass is 272 g/mol. The maximum Gasteiger partial charge on any atom is 0.172 e. The molecule has 108 valence electrons. The number of hydrogen-bond acceptors (Lipinski definition) is 6. The van der Waals surface area contributed by atoms with Gasteiger partial charge in [-0.05, 0) is 25.9 Å². The zero-order valence-electron chi connectivity index (χ0n) is 11.2. The predicted molar refractivity (Wildman–Crippen MR) is 66.5 cm³/mol. The molecule has 2 fully saturated rings. The first-order valence-electron chi connectivity index (χ1n) is 6.40. The summed E-state index contributed by atoms with van der Waals surface area (Å²) < 4.78 is 17.4. The van der Waals surface area contributed by atoms with Crippen LogP contribution in [-0.2, 0) is 14.2 Å². The highest BCUT2D eigenvalue weighted by atomic mass is 16.8. The molecule has 1 saturated carbocycles. The molecule has 0 aromatic rings. The number of azide groups is 1. The Kier molecular flexibility index (Phi) is 4.62. The van der Waals surface area contributed by atoms with Crippen LogP contribution in [0.1, 0.15) is 13.3 Å². The van der Waals surface area contributed by atoms with Crippen LogP contribution in [0, 0.1) is 0 Å². The lowest BCUT2D eigenvalue weighted by Crippen LogP contribution is -2.38. The van der Waals surface area contributed by atoms with Crippen LogP contribution >= 0.6 is 0 Å². The summed E-state index contributed by atoms with van der Waals surface area (Å²) in [4.78, 5) is 2.73. The maximum absolute atomic E-state index is 8.84. The average molecular weight is 272 g/mol. The van der Waals surface area contributed by atoms with Gasteiger partial charge in [0.1, 0.15) is 12.2 Å². The minimum Gasteiger partial charge on any atom is -0.394 e. The van der Waals surface area contributed by atoms with Crippen molar-refractivity contribution in [2.24, 2.45) is 5.11 Å². The molecule has 8 nitrogen and oxygen atoms in total. The van der Waals surface area contributed by atoms with E-state index in [0.29, 0.717) is 0 Å². The molecule has 8 heteroatoms. The highest BCUT2D eigenvalue weighted by molar-refractivity contribution is 5.03. The fourth-order valence-corrected chi connectivity index (χ4v) is 2.74. The van der Waals surface area contributed by atoms with E-state index >= 15 is 0 Å². The van der Waals surface area contributed by atoms with Crippen molar-refractivity contribution < 1.29 is 19.3 Å². The molecule has 1 heterocycles. The summed E-state index contributed by atoms with van der Waals surface area (Å²) in [6, 6.07) is 0.126. The van der Waals surface area contributed by atoms with Crippen LogP contribution < -0.4 is 5.32 Å². The summed E-state index contributed by atoms with van der Waals surface area (Å²) in [5.74, 6) is -0.905. The van der Waals surface area contributed by atoms with E-state index in [-0.39, 0.29) is 44.1 Å². The van der Waals surface area contributed by atoms with Gasteiger partial charge in [0.2, 0.25) is 0 Å². The Morgan fingerprint density at radius 1 is 1.53 bits per heavy atom. The molecule has 0 aromatic heterocycles. The van der Waals surface area contributed by atoms with E-state index in [0.717, 1.165) is 6.42 Å². The molecular formula is C11H20N4O4. The minimum atomic E-state index is -0.905. The Bertz CT molecular complexity index is 363. The molecule has 2 N–H and O–H groups in total. The third-order valence-electron chi connectivity index (χ3n) is 3.56. The third-order valence-corrected chi connectivity index (χ3v) is 3.56. The third kappa shape index (κ3) is 3.00. The first-order chi connectivity index (χ1) is 9.13. The van der Waals surface area contributed by atoms with Gasteiger partial charge >= 0.3 is 0 Å². The summed E-state index contributed by atoms with van der Waals surface area (Å²) >= 11 is 0. The molecule has 1 aliphatic carbocycles. The number of hydrogen-bond donors (Lipinski definition) is 2. The van der Waals surface area contributed by atoms with Crippen molar-refractivity contribution in [3.8, 4) is 0 Å². The summed E-state index contributed by atoms with van der Waals surface area (Å²) in [6.45, 7) is 2.14. The number of rotatable bonds is 6. The van der Waals surface area contributed by atoms with Gasteiger partial charge in [-0.2, -0.15) is 0 Å². The molecule has 3 unspecified atom stereocenters. The van der Waals surface area contributed by atoms with Gasteiger partial charge in [-0.15, -0.1) is 0 Å². The number of aliphatic hydroxyl groups excluding tert-OH is 1. The van der Waals surface area contributed by atoms with E-state index in [1.165, 1.54) is 0 Å². The molecule has 5 atom stereocenters. The molecule has 19 heavy (non-hydrogen) atoms. The second kappa shape index (κ2) is 6.04. The van der Waals surface area contributed by atoms with Gasteiger partial charge in [-0.1, -0.05) is 5.11 Å². The molecular weight excluding hydrogens is 252 g/mol. The van der Waals surface area contributed by atoms with Crippen LogP contribution in [0.5, 0.6) is 0 Å². The van der Waals surface area contributed by atoms with Crippen molar-refractivity contribution in [1.82, 2.24) is 5.32 Å². The van der Waals surface area contributed by atoms with E-state index in [2.05, 4.69) is 15.3 Å². The van der Waals surface area contributed by atoms with Gasteiger partial charge in [0.25, 0.3) is 0 Å². The first kappa shape index (κ1) is 14.5. The Hall–Kier alpha value is -0.890. The predicted octanol–water partition coefficient (Wildman–Crippen LogP) is 0.166. The zero-order valence-corrected chi connectivity index (χ0v) is 11.2. The van der Waals surface area contributed by atoms with Crippen molar-refractivity contribution in [3.63, 3.8) is 0 Å². The Morgan fingerprint density at radius 2 is 2.26 bits per heavy atom. The van der Waals surface area contributed by atoms with Crippen molar-refractivity contribution >= 4 is 0 Å². The lowest BCUT2D eigenvalue weighted by Gasteiger charge is -2.25. The molecule has 2 aliphatic rings. The molecule has 0 aromatic carbocycles. The fourth-order valence-electron chi connectivity index (χ4n) is 2.74. The lowest BCUT2D eigenvalue weighted by molar-refractivity contribution is -0.174.